The Morgan fingerprint density at radius 2 is 0.789 bits per heavy atom. The summed E-state index contributed by atoms with van der Waals surface area (Å²) in [5, 5.41) is 5.53. The van der Waals surface area contributed by atoms with Crippen molar-refractivity contribution in [2.24, 2.45) is 0 Å². The number of benzene rings is 4. The Hall–Kier alpha value is -1.25. The Morgan fingerprint density at radius 3 is 1.03 bits per heavy atom. The van der Waals surface area contributed by atoms with Crippen molar-refractivity contribution in [2.45, 2.75) is 31.8 Å². The van der Waals surface area contributed by atoms with Crippen LogP contribution < -0.4 is 21.2 Å². The van der Waals surface area contributed by atoms with Gasteiger partial charge in [-0.25, -0.2) is 0 Å². The van der Waals surface area contributed by atoms with Crippen molar-refractivity contribution in [3.63, 3.8) is 0 Å². The molecule has 0 bridgehead atoms. The molecule has 0 spiro atoms. The van der Waals surface area contributed by atoms with E-state index in [0.29, 0.717) is 12.9 Å². The molecule has 1 aliphatic heterocycles. The number of rotatable bonds is 8. The van der Waals surface area contributed by atoms with Crippen molar-refractivity contribution < 1.29 is 22.4 Å². The van der Waals surface area contributed by atoms with E-state index in [9.17, 15) is 0 Å². The van der Waals surface area contributed by atoms with E-state index in [4.69, 9.17) is 29.8 Å². The molecule has 0 N–H and O–H groups in total. The van der Waals surface area contributed by atoms with Gasteiger partial charge < -0.3 is 9.47 Å². The molecule has 7 heteroatoms. The van der Waals surface area contributed by atoms with Crippen molar-refractivity contribution in [1.82, 2.24) is 0 Å². The Morgan fingerprint density at radius 1 is 0.553 bits per heavy atom. The molecule has 0 unspecified atom stereocenters. The summed E-state index contributed by atoms with van der Waals surface area (Å²) in [4.78, 5) is 0. The van der Waals surface area contributed by atoms with Crippen LogP contribution in [0.4, 0.5) is 0 Å². The van der Waals surface area contributed by atoms with Gasteiger partial charge in [-0.1, -0.05) is 121 Å². The van der Waals surface area contributed by atoms with Crippen LogP contribution in [0.15, 0.2) is 121 Å². The average molecular weight is 628 g/mol. The summed E-state index contributed by atoms with van der Waals surface area (Å²) in [6, 6.07) is 43.6. The molecule has 5 rings (SSSR count). The number of halogens is 2. The van der Waals surface area contributed by atoms with Crippen molar-refractivity contribution in [3.8, 4) is 0 Å². The van der Waals surface area contributed by atoms with E-state index >= 15 is 0 Å². The van der Waals surface area contributed by atoms with Crippen LogP contribution in [-0.4, -0.2) is 30.3 Å². The van der Waals surface area contributed by atoms with Crippen LogP contribution in [0.3, 0.4) is 0 Å². The molecule has 201 valence electrons. The van der Waals surface area contributed by atoms with Crippen LogP contribution in [0, 0.1) is 0 Å². The first-order valence-electron chi connectivity index (χ1n) is 12.5. The SMILES string of the molecule is CC1(C)O[C@@H](CP(c2ccccc2)c2ccccc2)[C@H](CP(c2ccccc2)c2ccccc2)O1.[Cl][Co][Cl]. The quantitative estimate of drug-likeness (QED) is 0.193. The maximum atomic E-state index is 6.61. The van der Waals surface area contributed by atoms with Gasteiger partial charge in [0.25, 0.3) is 0 Å². The second-order valence-corrected chi connectivity index (χ2v) is 15.6. The van der Waals surface area contributed by atoms with Crippen molar-refractivity contribution in [3.05, 3.63) is 121 Å². The van der Waals surface area contributed by atoms with E-state index in [-0.39, 0.29) is 12.2 Å². The number of hydrogen-bond acceptors (Lipinski definition) is 2. The van der Waals surface area contributed by atoms with Gasteiger partial charge >= 0.3 is 33.2 Å². The predicted octanol–water partition coefficient (Wildman–Crippen LogP) is 7.15. The molecule has 0 aromatic heterocycles. The number of ether oxygens (including phenoxy) is 2. The third kappa shape index (κ3) is 8.37. The molecule has 38 heavy (non-hydrogen) atoms. The van der Waals surface area contributed by atoms with E-state index in [1.54, 1.807) is 0 Å². The molecule has 1 fully saturated rings. The van der Waals surface area contributed by atoms with Gasteiger partial charge in [0.15, 0.2) is 5.79 Å². The van der Waals surface area contributed by atoms with E-state index in [0.717, 1.165) is 12.3 Å². The van der Waals surface area contributed by atoms with Crippen LogP contribution in [0.5, 0.6) is 0 Å². The summed E-state index contributed by atoms with van der Waals surface area (Å²) in [6.07, 6.45) is 1.97. The molecular formula is C31H32Cl2CoO2P2. The zero-order valence-corrected chi connectivity index (χ0v) is 25.8. The Bertz CT molecular complexity index is 1040. The van der Waals surface area contributed by atoms with E-state index in [2.05, 4.69) is 135 Å². The maximum absolute atomic E-state index is 6.61. The summed E-state index contributed by atoms with van der Waals surface area (Å²) in [5.74, 6) is -0.585. The van der Waals surface area contributed by atoms with Crippen LogP contribution in [0.2, 0.25) is 0 Å². The third-order valence-corrected chi connectivity index (χ3v) is 11.4. The van der Waals surface area contributed by atoms with Crippen molar-refractivity contribution >= 4 is 57.4 Å². The molecular weight excluding hydrogens is 596 g/mol. The van der Waals surface area contributed by atoms with E-state index in [1.165, 1.54) is 21.2 Å². The van der Waals surface area contributed by atoms with Gasteiger partial charge in [0, 0.05) is 12.3 Å². The zero-order chi connectivity index (χ0) is 26.8. The van der Waals surface area contributed by atoms with Gasteiger partial charge in [-0.15, -0.1) is 0 Å². The summed E-state index contributed by atoms with van der Waals surface area (Å²) >= 11 is 0.382. The van der Waals surface area contributed by atoms with Crippen LogP contribution >= 0.6 is 36.1 Å². The van der Waals surface area contributed by atoms with Crippen LogP contribution in [-0.2, 0) is 22.4 Å². The second-order valence-electron chi connectivity index (χ2n) is 9.32. The first kappa shape index (κ1) is 29.7. The fraction of sp³-hybridized carbons (Fsp3) is 0.226. The molecule has 0 saturated carbocycles. The van der Waals surface area contributed by atoms with Gasteiger partial charge in [-0.05, 0) is 50.9 Å². The van der Waals surface area contributed by atoms with E-state index in [1.807, 2.05) is 0 Å². The first-order valence-corrected chi connectivity index (χ1v) is 18.4. The molecule has 1 saturated heterocycles. The Balaban J connectivity index is 0.00000107. The topological polar surface area (TPSA) is 18.5 Å². The summed E-state index contributed by atoms with van der Waals surface area (Å²) in [5.41, 5.74) is 0. The fourth-order valence-electron chi connectivity index (χ4n) is 4.73. The third-order valence-electron chi connectivity index (χ3n) is 6.28. The minimum atomic E-state index is -0.585. The second kappa shape index (κ2) is 14.9. The molecule has 1 heterocycles. The Kier molecular flexibility index (Phi) is 11.7. The molecule has 0 amide bonds. The molecule has 0 aliphatic carbocycles. The fourth-order valence-corrected chi connectivity index (χ4v) is 9.64. The van der Waals surface area contributed by atoms with E-state index < -0.39 is 21.6 Å². The van der Waals surface area contributed by atoms with Gasteiger partial charge in [0.2, 0.25) is 0 Å². The summed E-state index contributed by atoms with van der Waals surface area (Å²) in [6.45, 7) is 4.11. The summed E-state index contributed by atoms with van der Waals surface area (Å²) in [7, 11) is 8.34. The average Bonchev–Trinajstić information content (AvgIpc) is 3.25. The van der Waals surface area contributed by atoms with Gasteiger partial charge in [-0.3, -0.25) is 0 Å². The molecule has 2 nitrogen and oxygen atoms in total. The molecule has 4 aromatic rings. The van der Waals surface area contributed by atoms with Gasteiger partial charge in [0.1, 0.15) is 0 Å². The van der Waals surface area contributed by atoms with Gasteiger partial charge in [0.05, 0.1) is 12.2 Å². The van der Waals surface area contributed by atoms with Gasteiger partial charge in [-0.2, -0.15) is 0 Å². The zero-order valence-electron chi connectivity index (χ0n) is 21.4. The molecule has 0 radical (unpaired) electrons. The van der Waals surface area contributed by atoms with Crippen molar-refractivity contribution in [2.75, 3.05) is 12.3 Å². The minimum absolute atomic E-state index is 0.0361. The Labute approximate surface area is 244 Å². The normalized spacial score (nSPS) is 18.4. The first-order chi connectivity index (χ1) is 18.5. The monoisotopic (exact) mass is 627 g/mol. The molecule has 2 atom stereocenters. The summed E-state index contributed by atoms with van der Waals surface area (Å²) < 4.78 is 13.2. The van der Waals surface area contributed by atoms with Crippen molar-refractivity contribution in [1.29, 1.82) is 0 Å². The number of hydrogen-bond donors (Lipinski definition) is 0. The predicted molar refractivity (Wildman–Crippen MR) is 163 cm³/mol. The van der Waals surface area contributed by atoms with Crippen LogP contribution in [0.25, 0.3) is 0 Å². The molecule has 4 aromatic carbocycles. The standard InChI is InChI=1S/C31H32O2P2.2ClH.Co/c1-31(2)32-29(23-34(25-15-7-3-8-16-25)26-17-9-4-10-18-26)30(33-31)24-35(27-19-11-5-12-20-27)28-21-13-6-14-22-28;;;/h3-22,29-30H,23-24H2,1-2H3;2*1H;/q;;;+2/p-2/t29-,30-;;;/m0.../s1. The molecule has 1 aliphatic rings. The van der Waals surface area contributed by atoms with Crippen LogP contribution in [0.1, 0.15) is 13.8 Å².